The van der Waals surface area contributed by atoms with Crippen LogP contribution in [-0.4, -0.2) is 95.6 Å². The summed E-state index contributed by atoms with van der Waals surface area (Å²) in [6, 6.07) is 14.0. The van der Waals surface area contributed by atoms with Gasteiger partial charge in [0, 0.05) is 50.0 Å². The molecule has 1 saturated heterocycles. The number of anilines is 2. The highest BCUT2D eigenvalue weighted by atomic mass is 16.5. The molecule has 4 rings (SSSR count). The number of rotatable bonds is 11. The Kier molecular flexibility index (Phi) is 9.05. The van der Waals surface area contributed by atoms with Crippen LogP contribution in [0, 0.1) is 5.92 Å². The molecule has 8 heteroatoms. The van der Waals surface area contributed by atoms with Gasteiger partial charge in [-0.1, -0.05) is 18.2 Å². The summed E-state index contributed by atoms with van der Waals surface area (Å²) in [5, 5.41) is 0. The smallest absolute Gasteiger partial charge is 0.237 e. The molecule has 200 valence electrons. The van der Waals surface area contributed by atoms with Crippen LogP contribution in [0.3, 0.4) is 0 Å². The van der Waals surface area contributed by atoms with Crippen LogP contribution >= 0.6 is 0 Å². The van der Waals surface area contributed by atoms with Crippen molar-refractivity contribution < 1.29 is 19.1 Å². The SMILES string of the molecule is COc1cc2c(cc1OC)N(CCCN(C)C)C(=O)C(CCCN1CCN(c3ccccc3)CC1)C2=O. The topological polar surface area (TPSA) is 65.6 Å². The fourth-order valence-corrected chi connectivity index (χ4v) is 5.31. The number of nitrogens with zero attached hydrogens (tertiary/aromatic N) is 4. The Bertz CT molecular complexity index is 1070. The van der Waals surface area contributed by atoms with Gasteiger partial charge < -0.3 is 24.2 Å². The molecule has 1 unspecified atom stereocenters. The second-order valence-electron chi connectivity index (χ2n) is 10.1. The number of carbonyl (C=O) groups excluding carboxylic acids is 2. The van der Waals surface area contributed by atoms with Crippen molar-refractivity contribution in [3.63, 3.8) is 0 Å². The summed E-state index contributed by atoms with van der Waals surface area (Å²) in [4.78, 5) is 35.9. The number of Topliss-reactive ketones (excluding diaryl/α,β-unsaturated/α-hetero) is 1. The summed E-state index contributed by atoms with van der Waals surface area (Å²) < 4.78 is 10.9. The summed E-state index contributed by atoms with van der Waals surface area (Å²) >= 11 is 0. The molecule has 8 nitrogen and oxygen atoms in total. The van der Waals surface area contributed by atoms with E-state index in [0.717, 1.165) is 52.1 Å². The Morgan fingerprint density at radius 1 is 0.892 bits per heavy atom. The lowest BCUT2D eigenvalue weighted by atomic mass is 9.86. The predicted molar refractivity (Wildman–Crippen MR) is 147 cm³/mol. The third-order valence-corrected chi connectivity index (χ3v) is 7.39. The number of para-hydroxylation sites is 1. The van der Waals surface area contributed by atoms with Crippen molar-refractivity contribution in [2.75, 3.05) is 83.9 Å². The molecule has 1 fully saturated rings. The van der Waals surface area contributed by atoms with E-state index in [4.69, 9.17) is 9.47 Å². The number of carbonyl (C=O) groups is 2. The molecular weight excluding hydrogens is 468 g/mol. The first-order valence-electron chi connectivity index (χ1n) is 13.2. The monoisotopic (exact) mass is 508 g/mol. The molecule has 1 amide bonds. The van der Waals surface area contributed by atoms with E-state index in [9.17, 15) is 9.59 Å². The number of fused-ring (bicyclic) bond motifs is 1. The minimum absolute atomic E-state index is 0.0997. The minimum atomic E-state index is -0.657. The van der Waals surface area contributed by atoms with E-state index >= 15 is 0 Å². The van der Waals surface area contributed by atoms with E-state index < -0.39 is 5.92 Å². The van der Waals surface area contributed by atoms with Crippen molar-refractivity contribution in [3.05, 3.63) is 48.0 Å². The van der Waals surface area contributed by atoms with Gasteiger partial charge in [-0.05, 0) is 64.6 Å². The Balaban J connectivity index is 1.41. The van der Waals surface area contributed by atoms with Crippen molar-refractivity contribution in [3.8, 4) is 11.5 Å². The van der Waals surface area contributed by atoms with Crippen LogP contribution in [0.15, 0.2) is 42.5 Å². The molecule has 2 aliphatic rings. The van der Waals surface area contributed by atoms with Crippen molar-refractivity contribution in [2.24, 2.45) is 5.92 Å². The molecule has 0 spiro atoms. The van der Waals surface area contributed by atoms with Gasteiger partial charge in [0.1, 0.15) is 5.92 Å². The average molecular weight is 509 g/mol. The van der Waals surface area contributed by atoms with Gasteiger partial charge in [0.05, 0.1) is 19.9 Å². The number of amides is 1. The van der Waals surface area contributed by atoms with Crippen LogP contribution < -0.4 is 19.3 Å². The third kappa shape index (κ3) is 6.25. The third-order valence-electron chi connectivity index (χ3n) is 7.39. The zero-order valence-corrected chi connectivity index (χ0v) is 22.6. The summed E-state index contributed by atoms with van der Waals surface area (Å²) in [5.41, 5.74) is 2.43. The largest absolute Gasteiger partial charge is 0.493 e. The van der Waals surface area contributed by atoms with Crippen molar-refractivity contribution in [1.29, 1.82) is 0 Å². The van der Waals surface area contributed by atoms with Gasteiger partial charge in [-0.2, -0.15) is 0 Å². The van der Waals surface area contributed by atoms with Gasteiger partial charge in [-0.15, -0.1) is 0 Å². The van der Waals surface area contributed by atoms with Crippen LogP contribution in [0.1, 0.15) is 29.6 Å². The first kappa shape index (κ1) is 26.9. The summed E-state index contributed by atoms with van der Waals surface area (Å²) in [5.74, 6) is 0.159. The molecule has 0 radical (unpaired) electrons. The Hall–Kier alpha value is -3.10. The minimum Gasteiger partial charge on any atom is -0.493 e. The zero-order valence-electron chi connectivity index (χ0n) is 22.6. The van der Waals surface area contributed by atoms with Gasteiger partial charge in [-0.3, -0.25) is 14.5 Å². The molecule has 2 heterocycles. The number of ketones is 1. The number of hydrogen-bond donors (Lipinski definition) is 0. The lowest BCUT2D eigenvalue weighted by Crippen LogP contribution is -2.47. The van der Waals surface area contributed by atoms with Gasteiger partial charge >= 0.3 is 0 Å². The number of ether oxygens (including phenoxy) is 2. The molecule has 37 heavy (non-hydrogen) atoms. The number of piperazine rings is 1. The molecular formula is C29H40N4O4. The van der Waals surface area contributed by atoms with Crippen LogP contribution in [0.5, 0.6) is 11.5 Å². The highest BCUT2D eigenvalue weighted by Gasteiger charge is 2.40. The predicted octanol–water partition coefficient (Wildman–Crippen LogP) is 3.40. The molecule has 0 bridgehead atoms. The van der Waals surface area contributed by atoms with Crippen LogP contribution in [0.4, 0.5) is 11.4 Å². The number of hydrogen-bond acceptors (Lipinski definition) is 7. The second-order valence-corrected chi connectivity index (χ2v) is 10.1. The van der Waals surface area contributed by atoms with E-state index in [1.54, 1.807) is 31.3 Å². The maximum atomic E-state index is 13.6. The summed E-state index contributed by atoms with van der Waals surface area (Å²) in [6.07, 6.45) is 2.18. The normalized spacial score (nSPS) is 18.4. The second kappa shape index (κ2) is 12.4. The molecule has 0 aromatic heterocycles. The van der Waals surface area contributed by atoms with Crippen LogP contribution in [0.25, 0.3) is 0 Å². The standard InChI is InChI=1S/C29H40N4O4/c1-30(2)13-9-15-33-25-21-27(37-4)26(36-3)20-24(25)28(34)23(29(33)35)12-8-14-31-16-18-32(19-17-31)22-10-6-5-7-11-22/h5-7,10-11,20-21,23H,8-9,12-19H2,1-4H3. The highest BCUT2D eigenvalue weighted by Crippen LogP contribution is 2.40. The van der Waals surface area contributed by atoms with Crippen molar-refractivity contribution >= 4 is 23.1 Å². The maximum Gasteiger partial charge on any atom is 0.237 e. The van der Waals surface area contributed by atoms with Gasteiger partial charge in [0.25, 0.3) is 0 Å². The Morgan fingerprint density at radius 3 is 2.22 bits per heavy atom. The van der Waals surface area contributed by atoms with Gasteiger partial charge in [0.2, 0.25) is 5.91 Å². The quantitative estimate of drug-likeness (QED) is 0.431. The van der Waals surface area contributed by atoms with Gasteiger partial charge in [0.15, 0.2) is 17.3 Å². The van der Waals surface area contributed by atoms with Crippen molar-refractivity contribution in [2.45, 2.75) is 19.3 Å². The van der Waals surface area contributed by atoms with E-state index in [1.807, 2.05) is 20.2 Å². The van der Waals surface area contributed by atoms with E-state index in [2.05, 4.69) is 39.0 Å². The number of benzene rings is 2. The Morgan fingerprint density at radius 2 is 1.57 bits per heavy atom. The fourth-order valence-electron chi connectivity index (χ4n) is 5.31. The average Bonchev–Trinajstić information content (AvgIpc) is 2.92. The first-order chi connectivity index (χ1) is 17.9. The molecule has 2 aliphatic heterocycles. The lowest BCUT2D eigenvalue weighted by Gasteiger charge is -2.37. The molecule has 2 aromatic rings. The van der Waals surface area contributed by atoms with Gasteiger partial charge in [-0.25, -0.2) is 0 Å². The highest BCUT2D eigenvalue weighted by molar-refractivity contribution is 6.22. The fraction of sp³-hybridized carbons (Fsp3) is 0.517. The first-order valence-corrected chi connectivity index (χ1v) is 13.2. The van der Waals surface area contributed by atoms with E-state index in [-0.39, 0.29) is 11.7 Å². The summed E-state index contributed by atoms with van der Waals surface area (Å²) in [6.45, 7) is 6.25. The van der Waals surface area contributed by atoms with Crippen molar-refractivity contribution in [1.82, 2.24) is 9.80 Å². The zero-order chi connectivity index (χ0) is 26.4. The molecule has 0 N–H and O–H groups in total. The lowest BCUT2D eigenvalue weighted by molar-refractivity contribution is -0.121. The summed E-state index contributed by atoms with van der Waals surface area (Å²) in [7, 11) is 7.17. The van der Waals surface area contributed by atoms with E-state index in [0.29, 0.717) is 35.7 Å². The van der Waals surface area contributed by atoms with Crippen LogP contribution in [0.2, 0.25) is 0 Å². The maximum absolute atomic E-state index is 13.6. The molecule has 1 atom stereocenters. The molecule has 2 aromatic carbocycles. The number of methoxy groups -OCH3 is 2. The van der Waals surface area contributed by atoms with E-state index in [1.165, 1.54) is 5.69 Å². The molecule has 0 saturated carbocycles. The van der Waals surface area contributed by atoms with Crippen LogP contribution in [-0.2, 0) is 4.79 Å². The Labute approximate surface area is 220 Å². The molecule has 0 aliphatic carbocycles.